The van der Waals surface area contributed by atoms with E-state index in [0.717, 1.165) is 10.0 Å². The molecule has 0 aliphatic carbocycles. The lowest BCUT2D eigenvalue weighted by Gasteiger charge is -2.09. The monoisotopic (exact) mass is 351 g/mol. The third kappa shape index (κ3) is 4.25. The number of hydrazine groups is 1. The van der Waals surface area contributed by atoms with Crippen LogP contribution in [0.25, 0.3) is 0 Å². The summed E-state index contributed by atoms with van der Waals surface area (Å²) in [5.74, 6) is 5.40. The van der Waals surface area contributed by atoms with Crippen molar-refractivity contribution in [1.82, 2.24) is 0 Å². The van der Waals surface area contributed by atoms with E-state index in [-0.39, 0.29) is 12.3 Å². The standard InChI is InChI=1S/C14H14BrN3O3/c15-12-3-1-10(2-4-12)8-21-9-11-7-13(18(19)20)5-6-14(11)17-16/h1-7,17H,8-9,16H2. The smallest absolute Gasteiger partial charge is 0.269 e. The Labute approximate surface area is 130 Å². The average molecular weight is 352 g/mol. The lowest BCUT2D eigenvalue weighted by Crippen LogP contribution is -2.10. The Morgan fingerprint density at radius 3 is 2.52 bits per heavy atom. The number of nitro groups is 1. The number of nitrogen functional groups attached to an aromatic ring is 1. The number of nitro benzene ring substituents is 1. The molecule has 0 saturated carbocycles. The molecule has 0 spiro atoms. The molecule has 0 unspecified atom stereocenters. The Hall–Kier alpha value is -1.96. The molecule has 110 valence electrons. The van der Waals surface area contributed by atoms with Crippen molar-refractivity contribution < 1.29 is 9.66 Å². The molecule has 21 heavy (non-hydrogen) atoms. The van der Waals surface area contributed by atoms with Crippen LogP contribution in [0.3, 0.4) is 0 Å². The average Bonchev–Trinajstić information content (AvgIpc) is 2.49. The van der Waals surface area contributed by atoms with Crippen molar-refractivity contribution in [2.75, 3.05) is 5.43 Å². The Morgan fingerprint density at radius 2 is 1.90 bits per heavy atom. The third-order valence-electron chi connectivity index (χ3n) is 2.89. The first-order valence-electron chi connectivity index (χ1n) is 6.16. The SMILES string of the molecule is NNc1ccc([N+](=O)[O-])cc1COCc1ccc(Br)cc1. The first kappa shape index (κ1) is 15.4. The van der Waals surface area contributed by atoms with Gasteiger partial charge in [-0.1, -0.05) is 28.1 Å². The fourth-order valence-electron chi connectivity index (χ4n) is 1.81. The quantitative estimate of drug-likeness (QED) is 0.473. The zero-order chi connectivity index (χ0) is 15.2. The first-order chi connectivity index (χ1) is 10.1. The van der Waals surface area contributed by atoms with Gasteiger partial charge in [-0.15, -0.1) is 0 Å². The number of nitrogens with one attached hydrogen (secondary N) is 1. The minimum absolute atomic E-state index is 0.0104. The number of benzene rings is 2. The molecular formula is C14H14BrN3O3. The van der Waals surface area contributed by atoms with Crippen LogP contribution in [0.5, 0.6) is 0 Å². The molecule has 2 rings (SSSR count). The van der Waals surface area contributed by atoms with Crippen molar-refractivity contribution in [1.29, 1.82) is 0 Å². The van der Waals surface area contributed by atoms with Crippen molar-refractivity contribution in [2.45, 2.75) is 13.2 Å². The van der Waals surface area contributed by atoms with Crippen LogP contribution in [-0.4, -0.2) is 4.92 Å². The van der Waals surface area contributed by atoms with Crippen LogP contribution in [0.4, 0.5) is 11.4 Å². The van der Waals surface area contributed by atoms with Gasteiger partial charge in [0.05, 0.1) is 23.8 Å². The molecule has 0 saturated heterocycles. The first-order valence-corrected chi connectivity index (χ1v) is 6.95. The maximum atomic E-state index is 10.8. The van der Waals surface area contributed by atoms with Gasteiger partial charge in [0.25, 0.3) is 5.69 Å². The molecule has 7 heteroatoms. The molecule has 0 bridgehead atoms. The van der Waals surface area contributed by atoms with E-state index in [9.17, 15) is 10.1 Å². The number of hydrogen-bond acceptors (Lipinski definition) is 5. The van der Waals surface area contributed by atoms with E-state index in [0.29, 0.717) is 17.9 Å². The van der Waals surface area contributed by atoms with Crippen LogP contribution >= 0.6 is 15.9 Å². The summed E-state index contributed by atoms with van der Waals surface area (Å²) in [5, 5.41) is 10.8. The van der Waals surface area contributed by atoms with Gasteiger partial charge in [-0.2, -0.15) is 0 Å². The predicted molar refractivity (Wildman–Crippen MR) is 83.5 cm³/mol. The second-order valence-electron chi connectivity index (χ2n) is 4.36. The van der Waals surface area contributed by atoms with Gasteiger partial charge in [-0.25, -0.2) is 0 Å². The third-order valence-corrected chi connectivity index (χ3v) is 3.42. The highest BCUT2D eigenvalue weighted by Gasteiger charge is 2.10. The van der Waals surface area contributed by atoms with Gasteiger partial charge in [0, 0.05) is 22.2 Å². The molecule has 0 heterocycles. The van der Waals surface area contributed by atoms with Crippen LogP contribution in [0.15, 0.2) is 46.9 Å². The number of non-ortho nitro benzene ring substituents is 1. The Morgan fingerprint density at radius 1 is 1.19 bits per heavy atom. The van der Waals surface area contributed by atoms with Crippen LogP contribution in [0.1, 0.15) is 11.1 Å². The van der Waals surface area contributed by atoms with E-state index in [1.807, 2.05) is 24.3 Å². The van der Waals surface area contributed by atoms with E-state index < -0.39 is 4.92 Å². The highest BCUT2D eigenvalue weighted by atomic mass is 79.9. The highest BCUT2D eigenvalue weighted by Crippen LogP contribution is 2.22. The fraction of sp³-hybridized carbons (Fsp3) is 0.143. The van der Waals surface area contributed by atoms with Gasteiger partial charge >= 0.3 is 0 Å². The number of ether oxygens (including phenoxy) is 1. The second-order valence-corrected chi connectivity index (χ2v) is 5.28. The Balaban J connectivity index is 2.03. The minimum atomic E-state index is -0.446. The van der Waals surface area contributed by atoms with E-state index in [1.165, 1.54) is 12.1 Å². The molecule has 0 atom stereocenters. The summed E-state index contributed by atoms with van der Waals surface area (Å²) in [6, 6.07) is 12.2. The number of nitrogens with zero attached hydrogens (tertiary/aromatic N) is 1. The molecule has 0 fully saturated rings. The van der Waals surface area contributed by atoms with Gasteiger partial charge in [0.1, 0.15) is 0 Å². The molecule has 0 aromatic heterocycles. The molecule has 0 radical (unpaired) electrons. The Bertz CT molecular complexity index is 632. The molecule has 2 aromatic rings. The van der Waals surface area contributed by atoms with Crippen molar-refractivity contribution in [3.8, 4) is 0 Å². The zero-order valence-corrected chi connectivity index (χ0v) is 12.7. The number of halogens is 1. The number of rotatable bonds is 6. The van der Waals surface area contributed by atoms with Crippen LogP contribution in [0, 0.1) is 10.1 Å². The summed E-state index contributed by atoms with van der Waals surface area (Å²) in [5.41, 5.74) is 4.79. The lowest BCUT2D eigenvalue weighted by molar-refractivity contribution is -0.384. The summed E-state index contributed by atoms with van der Waals surface area (Å²) in [6.45, 7) is 0.650. The molecule has 2 aromatic carbocycles. The van der Waals surface area contributed by atoms with Gasteiger partial charge in [-0.05, 0) is 23.8 Å². The molecular weight excluding hydrogens is 338 g/mol. The largest absolute Gasteiger partial charge is 0.372 e. The molecule has 0 aliphatic rings. The number of nitrogens with two attached hydrogens (primary N) is 1. The van der Waals surface area contributed by atoms with E-state index in [2.05, 4.69) is 21.4 Å². The van der Waals surface area contributed by atoms with Gasteiger partial charge in [-0.3, -0.25) is 16.0 Å². The van der Waals surface area contributed by atoms with Gasteiger partial charge in [0.2, 0.25) is 0 Å². The molecule has 0 aliphatic heterocycles. The summed E-state index contributed by atoms with van der Waals surface area (Å²) in [7, 11) is 0. The topological polar surface area (TPSA) is 90.4 Å². The normalized spacial score (nSPS) is 10.4. The maximum Gasteiger partial charge on any atom is 0.269 e. The van der Waals surface area contributed by atoms with Crippen LogP contribution in [-0.2, 0) is 18.0 Å². The summed E-state index contributed by atoms with van der Waals surface area (Å²) >= 11 is 3.36. The summed E-state index contributed by atoms with van der Waals surface area (Å²) in [4.78, 5) is 10.3. The predicted octanol–water partition coefficient (Wildman–Crippen LogP) is 3.36. The highest BCUT2D eigenvalue weighted by molar-refractivity contribution is 9.10. The molecule has 0 amide bonds. The van der Waals surface area contributed by atoms with Crippen LogP contribution in [0.2, 0.25) is 0 Å². The van der Waals surface area contributed by atoms with Crippen molar-refractivity contribution >= 4 is 27.3 Å². The zero-order valence-electron chi connectivity index (χ0n) is 11.1. The lowest BCUT2D eigenvalue weighted by atomic mass is 10.1. The van der Waals surface area contributed by atoms with E-state index in [4.69, 9.17) is 10.6 Å². The van der Waals surface area contributed by atoms with Gasteiger partial charge in [0.15, 0.2) is 0 Å². The molecule has 6 nitrogen and oxygen atoms in total. The fourth-order valence-corrected chi connectivity index (χ4v) is 2.08. The minimum Gasteiger partial charge on any atom is -0.372 e. The van der Waals surface area contributed by atoms with E-state index >= 15 is 0 Å². The second kappa shape index (κ2) is 7.16. The van der Waals surface area contributed by atoms with Gasteiger partial charge < -0.3 is 10.2 Å². The van der Waals surface area contributed by atoms with Crippen molar-refractivity contribution in [2.24, 2.45) is 5.84 Å². The summed E-state index contributed by atoms with van der Waals surface area (Å²) < 4.78 is 6.59. The summed E-state index contributed by atoms with van der Waals surface area (Å²) in [6.07, 6.45) is 0. The van der Waals surface area contributed by atoms with E-state index in [1.54, 1.807) is 6.07 Å². The van der Waals surface area contributed by atoms with Crippen molar-refractivity contribution in [3.05, 3.63) is 68.2 Å². The van der Waals surface area contributed by atoms with Crippen molar-refractivity contribution in [3.63, 3.8) is 0 Å². The molecule has 3 N–H and O–H groups in total. The maximum absolute atomic E-state index is 10.8. The Kier molecular flexibility index (Phi) is 5.26. The van der Waals surface area contributed by atoms with Crippen LogP contribution < -0.4 is 11.3 Å². The number of anilines is 1. The number of hydrogen-bond donors (Lipinski definition) is 2.